The molecule has 0 saturated carbocycles. The molecule has 0 unspecified atom stereocenters. The number of ether oxygens (including phenoxy) is 1. The summed E-state index contributed by atoms with van der Waals surface area (Å²) in [7, 11) is 1.44. The summed E-state index contributed by atoms with van der Waals surface area (Å²) in [5.41, 5.74) is 0.508. The van der Waals surface area contributed by atoms with E-state index in [4.69, 9.17) is 10.6 Å². The lowest BCUT2D eigenvalue weighted by Gasteiger charge is -2.23. The highest BCUT2D eigenvalue weighted by atomic mass is 19.1. The van der Waals surface area contributed by atoms with Crippen molar-refractivity contribution in [1.82, 2.24) is 0 Å². The van der Waals surface area contributed by atoms with Crippen LogP contribution < -0.4 is 10.6 Å². The van der Waals surface area contributed by atoms with Crippen LogP contribution in [0.4, 0.5) is 4.39 Å². The van der Waals surface area contributed by atoms with Gasteiger partial charge in [-0.15, -0.1) is 0 Å². The highest BCUT2D eigenvalue weighted by molar-refractivity contribution is 5.33. The van der Waals surface area contributed by atoms with E-state index in [1.807, 2.05) is 13.8 Å². The smallest absolute Gasteiger partial charge is 0.165 e. The molecule has 1 aromatic carbocycles. The molecule has 4 heteroatoms. The first-order valence-electron chi connectivity index (χ1n) is 4.67. The Labute approximate surface area is 88.9 Å². The summed E-state index contributed by atoms with van der Waals surface area (Å²) in [6.45, 7) is 4.20. The number of benzene rings is 1. The Bertz CT molecular complexity index is 339. The van der Waals surface area contributed by atoms with Gasteiger partial charge in [0.1, 0.15) is 0 Å². The number of nitrogens with two attached hydrogens (primary N) is 1. The van der Waals surface area contributed by atoms with E-state index < -0.39 is 0 Å². The molecule has 0 fully saturated rings. The zero-order valence-electron chi connectivity index (χ0n) is 9.21. The van der Waals surface area contributed by atoms with E-state index in [1.165, 1.54) is 13.2 Å². The molecule has 0 aromatic heterocycles. The molecule has 84 valence electrons. The van der Waals surface area contributed by atoms with Gasteiger partial charge in [-0.25, -0.2) is 10.3 Å². The lowest BCUT2D eigenvalue weighted by molar-refractivity contribution is 0.0963. The lowest BCUT2D eigenvalue weighted by Crippen LogP contribution is -2.26. The Balaban J connectivity index is 3.01. The molecule has 0 spiro atoms. The maximum atomic E-state index is 13.4. The van der Waals surface area contributed by atoms with Crippen molar-refractivity contribution in [2.75, 3.05) is 13.7 Å². The van der Waals surface area contributed by atoms with Crippen molar-refractivity contribution in [3.05, 3.63) is 29.6 Å². The first kappa shape index (κ1) is 11.9. The predicted molar refractivity (Wildman–Crippen MR) is 56.1 cm³/mol. The molecule has 1 aromatic rings. The molecule has 0 amide bonds. The number of methoxy groups -OCH3 is 1. The average molecular weight is 213 g/mol. The second kappa shape index (κ2) is 4.59. The van der Waals surface area contributed by atoms with Gasteiger partial charge < -0.3 is 9.57 Å². The first-order valence-corrected chi connectivity index (χ1v) is 4.67. The van der Waals surface area contributed by atoms with Crippen molar-refractivity contribution in [3.63, 3.8) is 0 Å². The summed E-state index contributed by atoms with van der Waals surface area (Å²) in [6, 6.07) is 4.85. The van der Waals surface area contributed by atoms with E-state index in [0.29, 0.717) is 6.61 Å². The molecule has 2 N–H and O–H groups in total. The van der Waals surface area contributed by atoms with Crippen LogP contribution in [-0.2, 0) is 10.3 Å². The van der Waals surface area contributed by atoms with Gasteiger partial charge >= 0.3 is 0 Å². The zero-order valence-corrected chi connectivity index (χ0v) is 9.21. The van der Waals surface area contributed by atoms with Crippen molar-refractivity contribution in [2.45, 2.75) is 19.3 Å². The third-order valence-electron chi connectivity index (χ3n) is 2.38. The fourth-order valence-corrected chi connectivity index (χ4v) is 1.38. The van der Waals surface area contributed by atoms with Crippen LogP contribution >= 0.6 is 0 Å². The standard InChI is InChI=1S/C11H16FNO2/c1-11(2,7-15-13)8-4-5-10(14-3)9(12)6-8/h4-6H,7,13H2,1-3H3. The summed E-state index contributed by atoms with van der Waals surface area (Å²) in [6.07, 6.45) is 0. The molecule has 0 aliphatic rings. The molecular weight excluding hydrogens is 197 g/mol. The third-order valence-corrected chi connectivity index (χ3v) is 2.38. The van der Waals surface area contributed by atoms with E-state index in [0.717, 1.165) is 5.56 Å². The van der Waals surface area contributed by atoms with E-state index in [1.54, 1.807) is 12.1 Å². The van der Waals surface area contributed by atoms with Crippen molar-refractivity contribution in [3.8, 4) is 5.75 Å². The molecule has 0 saturated heterocycles. The van der Waals surface area contributed by atoms with Gasteiger partial charge in [-0.3, -0.25) is 0 Å². The molecule has 15 heavy (non-hydrogen) atoms. The Kier molecular flexibility index (Phi) is 3.66. The minimum absolute atomic E-state index is 0.239. The van der Waals surface area contributed by atoms with Gasteiger partial charge in [0.05, 0.1) is 13.7 Å². The van der Waals surface area contributed by atoms with Crippen LogP contribution in [0.15, 0.2) is 18.2 Å². The Morgan fingerprint density at radius 2 is 2.07 bits per heavy atom. The summed E-state index contributed by atoms with van der Waals surface area (Å²) in [5.74, 6) is 4.89. The minimum atomic E-state index is -0.375. The number of hydrogen-bond donors (Lipinski definition) is 1. The Hall–Kier alpha value is -1.13. The van der Waals surface area contributed by atoms with Crippen molar-refractivity contribution in [1.29, 1.82) is 0 Å². The van der Waals surface area contributed by atoms with E-state index in [-0.39, 0.29) is 17.0 Å². The monoisotopic (exact) mass is 213 g/mol. The van der Waals surface area contributed by atoms with Crippen molar-refractivity contribution >= 4 is 0 Å². The van der Waals surface area contributed by atoms with Crippen LogP contribution in [0, 0.1) is 5.82 Å². The summed E-state index contributed by atoms with van der Waals surface area (Å²) in [4.78, 5) is 4.60. The first-order chi connectivity index (χ1) is 7.01. The van der Waals surface area contributed by atoms with Crippen molar-refractivity contribution < 1.29 is 14.0 Å². The summed E-state index contributed by atoms with van der Waals surface area (Å²) in [5, 5.41) is 0. The topological polar surface area (TPSA) is 44.5 Å². The quantitative estimate of drug-likeness (QED) is 0.778. The fourth-order valence-electron chi connectivity index (χ4n) is 1.38. The van der Waals surface area contributed by atoms with Gasteiger partial charge in [0, 0.05) is 5.41 Å². The second-order valence-corrected chi connectivity index (χ2v) is 4.04. The van der Waals surface area contributed by atoms with Crippen LogP contribution in [0.25, 0.3) is 0 Å². The maximum Gasteiger partial charge on any atom is 0.165 e. The average Bonchev–Trinajstić information content (AvgIpc) is 2.17. The largest absolute Gasteiger partial charge is 0.494 e. The molecule has 3 nitrogen and oxygen atoms in total. The normalized spacial score (nSPS) is 11.5. The molecule has 0 atom stereocenters. The van der Waals surface area contributed by atoms with Gasteiger partial charge in [-0.05, 0) is 17.7 Å². The number of halogens is 1. The van der Waals surface area contributed by atoms with Gasteiger partial charge in [0.15, 0.2) is 11.6 Å². The highest BCUT2D eigenvalue weighted by Gasteiger charge is 2.22. The zero-order chi connectivity index (χ0) is 11.5. The third kappa shape index (κ3) is 2.67. The molecule has 0 aliphatic heterocycles. The number of hydrogen-bond acceptors (Lipinski definition) is 3. The predicted octanol–water partition coefficient (Wildman–Crippen LogP) is 2.00. The molecule has 0 heterocycles. The van der Waals surface area contributed by atoms with Gasteiger partial charge in [-0.2, -0.15) is 0 Å². The van der Waals surface area contributed by atoms with Gasteiger partial charge in [0.2, 0.25) is 0 Å². The summed E-state index contributed by atoms with van der Waals surface area (Å²) >= 11 is 0. The number of rotatable bonds is 4. The lowest BCUT2D eigenvalue weighted by atomic mass is 9.85. The molecule has 0 bridgehead atoms. The van der Waals surface area contributed by atoms with Crippen LogP contribution in [0.1, 0.15) is 19.4 Å². The van der Waals surface area contributed by atoms with Crippen molar-refractivity contribution in [2.24, 2.45) is 5.90 Å². The molecular formula is C11H16FNO2. The Morgan fingerprint density at radius 1 is 1.40 bits per heavy atom. The van der Waals surface area contributed by atoms with Gasteiger partial charge in [-0.1, -0.05) is 19.9 Å². The van der Waals surface area contributed by atoms with E-state index in [9.17, 15) is 4.39 Å². The van der Waals surface area contributed by atoms with E-state index in [2.05, 4.69) is 4.84 Å². The maximum absolute atomic E-state index is 13.4. The molecule has 1 rings (SSSR count). The SMILES string of the molecule is COc1ccc(C(C)(C)CON)cc1F. The molecule has 0 aliphatic carbocycles. The Morgan fingerprint density at radius 3 is 2.53 bits per heavy atom. The minimum Gasteiger partial charge on any atom is -0.494 e. The van der Waals surface area contributed by atoms with E-state index >= 15 is 0 Å². The van der Waals surface area contributed by atoms with Crippen LogP contribution in [-0.4, -0.2) is 13.7 Å². The van der Waals surface area contributed by atoms with Crippen LogP contribution in [0.2, 0.25) is 0 Å². The van der Waals surface area contributed by atoms with Crippen LogP contribution in [0.5, 0.6) is 5.75 Å². The highest BCUT2D eigenvalue weighted by Crippen LogP contribution is 2.27. The fraction of sp³-hybridized carbons (Fsp3) is 0.455. The second-order valence-electron chi connectivity index (χ2n) is 4.04. The summed E-state index contributed by atoms with van der Waals surface area (Å²) < 4.78 is 18.3. The molecule has 0 radical (unpaired) electrons. The van der Waals surface area contributed by atoms with Crippen LogP contribution in [0.3, 0.4) is 0 Å². The van der Waals surface area contributed by atoms with Gasteiger partial charge in [0.25, 0.3) is 0 Å².